The molecular weight excluding hydrogens is 500 g/mol. The van der Waals surface area contributed by atoms with E-state index in [2.05, 4.69) is 34.5 Å². The number of likely N-dealkylation sites (N-methyl/N-ethyl adjacent to an activating group) is 1. The highest BCUT2D eigenvalue weighted by molar-refractivity contribution is 5.85. The highest BCUT2D eigenvalue weighted by Gasteiger charge is 2.49. The van der Waals surface area contributed by atoms with Crippen molar-refractivity contribution in [3.63, 3.8) is 0 Å². The van der Waals surface area contributed by atoms with Gasteiger partial charge in [0.15, 0.2) is 11.5 Å². The zero-order valence-electron chi connectivity index (χ0n) is 24.5. The van der Waals surface area contributed by atoms with Crippen LogP contribution in [0.3, 0.4) is 0 Å². The molecule has 0 spiro atoms. The van der Waals surface area contributed by atoms with Gasteiger partial charge in [-0.15, -0.1) is 0 Å². The van der Waals surface area contributed by atoms with Gasteiger partial charge in [-0.1, -0.05) is 84.9 Å². The molecule has 3 aromatic carbocycles. The predicted molar refractivity (Wildman–Crippen MR) is 162 cm³/mol. The van der Waals surface area contributed by atoms with Crippen LogP contribution in [0.25, 0.3) is 0 Å². The second-order valence-electron chi connectivity index (χ2n) is 9.99. The molecule has 0 aliphatic heterocycles. The SMILES string of the molecule is CCOC(=O)[C@]1(c2ccccc2)CCC=C[C@H]1N(C)C.CNCCC(Oc1ccccc1OC)c1ccccc1. The van der Waals surface area contributed by atoms with Gasteiger partial charge in [-0.25, -0.2) is 0 Å². The maximum absolute atomic E-state index is 12.8. The first-order chi connectivity index (χ1) is 19.5. The number of para-hydroxylation sites is 2. The van der Waals surface area contributed by atoms with Crippen molar-refractivity contribution >= 4 is 5.97 Å². The zero-order valence-corrected chi connectivity index (χ0v) is 24.5. The summed E-state index contributed by atoms with van der Waals surface area (Å²) in [4.78, 5) is 14.8. The van der Waals surface area contributed by atoms with Crippen molar-refractivity contribution in [3.05, 3.63) is 108 Å². The lowest BCUT2D eigenvalue weighted by atomic mass is 9.68. The Morgan fingerprint density at radius 1 is 0.975 bits per heavy atom. The van der Waals surface area contributed by atoms with Crippen LogP contribution in [-0.4, -0.2) is 58.3 Å². The highest BCUT2D eigenvalue weighted by atomic mass is 16.5. The summed E-state index contributed by atoms with van der Waals surface area (Å²) in [6.07, 6.45) is 6.89. The average molecular weight is 545 g/mol. The number of allylic oxidation sites excluding steroid dienone is 1. The number of ether oxygens (including phenoxy) is 3. The molecule has 214 valence electrons. The van der Waals surface area contributed by atoms with E-state index in [9.17, 15) is 4.79 Å². The lowest BCUT2D eigenvalue weighted by Crippen LogP contribution is -2.54. The summed E-state index contributed by atoms with van der Waals surface area (Å²) in [5.41, 5.74) is 1.62. The molecule has 3 aromatic rings. The van der Waals surface area contributed by atoms with Crippen molar-refractivity contribution in [2.75, 3.05) is 41.4 Å². The number of benzene rings is 3. The van der Waals surface area contributed by atoms with Crippen LogP contribution in [0.1, 0.15) is 43.4 Å². The summed E-state index contributed by atoms with van der Waals surface area (Å²) < 4.78 is 16.9. The first-order valence-electron chi connectivity index (χ1n) is 14.0. The van der Waals surface area contributed by atoms with E-state index in [0.29, 0.717) is 6.61 Å². The van der Waals surface area contributed by atoms with E-state index in [1.54, 1.807) is 7.11 Å². The molecule has 6 nitrogen and oxygen atoms in total. The predicted octanol–water partition coefficient (Wildman–Crippen LogP) is 6.19. The third-order valence-corrected chi connectivity index (χ3v) is 7.18. The van der Waals surface area contributed by atoms with Crippen LogP contribution in [0.4, 0.5) is 0 Å². The van der Waals surface area contributed by atoms with Crippen LogP contribution < -0.4 is 14.8 Å². The maximum atomic E-state index is 12.8. The van der Waals surface area contributed by atoms with Gasteiger partial charge in [-0.2, -0.15) is 0 Å². The van der Waals surface area contributed by atoms with Gasteiger partial charge >= 0.3 is 5.97 Å². The third kappa shape index (κ3) is 7.74. The monoisotopic (exact) mass is 544 g/mol. The van der Waals surface area contributed by atoms with E-state index >= 15 is 0 Å². The number of hydrogen-bond donors (Lipinski definition) is 1. The molecule has 0 bridgehead atoms. The van der Waals surface area contributed by atoms with Gasteiger partial charge in [0.05, 0.1) is 13.7 Å². The van der Waals surface area contributed by atoms with Gasteiger partial charge in [0.25, 0.3) is 0 Å². The molecule has 1 aliphatic carbocycles. The number of carbonyl (C=O) groups is 1. The Morgan fingerprint density at radius 3 is 2.20 bits per heavy atom. The number of methoxy groups -OCH3 is 1. The summed E-state index contributed by atoms with van der Waals surface area (Å²) in [5, 5.41) is 3.17. The minimum atomic E-state index is -0.602. The summed E-state index contributed by atoms with van der Waals surface area (Å²) in [5.74, 6) is 1.42. The van der Waals surface area contributed by atoms with Gasteiger partial charge in [0, 0.05) is 12.5 Å². The molecule has 1 unspecified atom stereocenters. The third-order valence-electron chi connectivity index (χ3n) is 7.18. The first-order valence-corrected chi connectivity index (χ1v) is 14.0. The second kappa shape index (κ2) is 15.8. The summed E-state index contributed by atoms with van der Waals surface area (Å²) in [7, 11) is 7.63. The van der Waals surface area contributed by atoms with Crippen molar-refractivity contribution < 1.29 is 19.0 Å². The molecule has 0 amide bonds. The quantitative estimate of drug-likeness (QED) is 0.229. The molecule has 4 rings (SSSR count). The molecule has 1 aliphatic rings. The Balaban J connectivity index is 0.000000220. The van der Waals surface area contributed by atoms with Crippen LogP contribution >= 0.6 is 0 Å². The molecule has 0 fully saturated rings. The Labute approximate surface area is 240 Å². The minimum absolute atomic E-state index is 0.0138. The molecule has 0 aromatic heterocycles. The molecule has 40 heavy (non-hydrogen) atoms. The Morgan fingerprint density at radius 2 is 1.60 bits per heavy atom. The van der Waals surface area contributed by atoms with Crippen molar-refractivity contribution in [1.29, 1.82) is 0 Å². The number of rotatable bonds is 11. The molecule has 3 atom stereocenters. The fourth-order valence-corrected chi connectivity index (χ4v) is 5.22. The number of nitrogens with one attached hydrogen (secondary N) is 1. The van der Waals surface area contributed by atoms with Gasteiger partial charge < -0.3 is 24.4 Å². The lowest BCUT2D eigenvalue weighted by molar-refractivity contribution is -0.152. The van der Waals surface area contributed by atoms with Crippen LogP contribution in [-0.2, 0) is 14.9 Å². The standard InChI is InChI=1S/C17H21NO2.C17H23NO2/c1-18-13-12-15(14-8-4-3-5-9-14)20-17-11-7-6-10-16(17)19-2;1-4-20-16(19)17(14-10-6-5-7-11-14)13-9-8-12-15(17)18(2)3/h3-11,15,18H,12-13H2,1-2H3;5-8,10-12,15H,4,9,13H2,1-3H3/t;15-,17+/m.1/s1. The van der Waals surface area contributed by atoms with Crippen LogP contribution in [0.5, 0.6) is 11.5 Å². The fourth-order valence-electron chi connectivity index (χ4n) is 5.22. The topological polar surface area (TPSA) is 60.0 Å². The van der Waals surface area contributed by atoms with E-state index < -0.39 is 5.41 Å². The van der Waals surface area contributed by atoms with E-state index in [0.717, 1.165) is 42.9 Å². The molecule has 0 saturated heterocycles. The molecule has 6 heteroatoms. The molecule has 0 heterocycles. The average Bonchev–Trinajstić information content (AvgIpc) is 3.00. The van der Waals surface area contributed by atoms with Crippen LogP contribution in [0.2, 0.25) is 0 Å². The van der Waals surface area contributed by atoms with Gasteiger partial charge in [-0.05, 0) is 70.7 Å². The van der Waals surface area contributed by atoms with Crippen molar-refractivity contribution in [3.8, 4) is 11.5 Å². The van der Waals surface area contributed by atoms with Gasteiger partial charge in [0.1, 0.15) is 11.5 Å². The van der Waals surface area contributed by atoms with Crippen LogP contribution in [0.15, 0.2) is 97.1 Å². The van der Waals surface area contributed by atoms with Crippen molar-refractivity contribution in [2.45, 2.75) is 43.7 Å². The molecular formula is C34H44N2O4. The number of carbonyl (C=O) groups excluding carboxylic acids is 1. The second-order valence-corrected chi connectivity index (χ2v) is 9.99. The summed E-state index contributed by atoms with van der Waals surface area (Å²) >= 11 is 0. The minimum Gasteiger partial charge on any atom is -0.493 e. The Kier molecular flexibility index (Phi) is 12.3. The normalized spacial score (nSPS) is 18.8. The van der Waals surface area contributed by atoms with Crippen LogP contribution in [0, 0.1) is 0 Å². The van der Waals surface area contributed by atoms with Crippen molar-refractivity contribution in [2.24, 2.45) is 0 Å². The van der Waals surface area contributed by atoms with E-state index in [4.69, 9.17) is 14.2 Å². The largest absolute Gasteiger partial charge is 0.493 e. The lowest BCUT2D eigenvalue weighted by Gasteiger charge is -2.42. The molecule has 1 N–H and O–H groups in total. The Hall–Kier alpha value is -3.61. The number of hydrogen-bond acceptors (Lipinski definition) is 6. The fraction of sp³-hybridized carbons (Fsp3) is 0.382. The smallest absolute Gasteiger partial charge is 0.318 e. The molecule has 0 saturated carbocycles. The van der Waals surface area contributed by atoms with Gasteiger partial charge in [-0.3, -0.25) is 4.79 Å². The van der Waals surface area contributed by atoms with Crippen molar-refractivity contribution in [1.82, 2.24) is 10.2 Å². The Bertz CT molecular complexity index is 1180. The van der Waals surface area contributed by atoms with E-state index in [1.165, 1.54) is 5.56 Å². The van der Waals surface area contributed by atoms with E-state index in [-0.39, 0.29) is 18.1 Å². The van der Waals surface area contributed by atoms with E-state index in [1.807, 2.05) is 101 Å². The summed E-state index contributed by atoms with van der Waals surface area (Å²) in [6, 6.07) is 28.1. The summed E-state index contributed by atoms with van der Waals surface area (Å²) in [6.45, 7) is 3.17. The number of nitrogens with zero attached hydrogens (tertiary/aromatic N) is 1. The highest BCUT2D eigenvalue weighted by Crippen LogP contribution is 2.40. The maximum Gasteiger partial charge on any atom is 0.318 e. The first kappa shape index (κ1) is 30.9. The number of esters is 1. The molecule has 0 radical (unpaired) electrons. The van der Waals surface area contributed by atoms with Gasteiger partial charge in [0.2, 0.25) is 0 Å². The zero-order chi connectivity index (χ0) is 28.8.